The first kappa shape index (κ1) is 19.7. The largest absolute Gasteiger partial charge is 0.439 e. The Morgan fingerprint density at radius 3 is 2.77 bits per heavy atom. The first-order valence-corrected chi connectivity index (χ1v) is 9.90. The Hall–Kier alpha value is -3.59. The summed E-state index contributed by atoms with van der Waals surface area (Å²) in [7, 11) is 0. The van der Waals surface area contributed by atoms with Crippen LogP contribution in [0.5, 0.6) is 11.6 Å². The number of hydrogen-bond donors (Lipinski definition) is 1. The molecule has 0 spiro atoms. The Morgan fingerprint density at radius 2 is 1.97 bits per heavy atom. The summed E-state index contributed by atoms with van der Waals surface area (Å²) in [5, 5.41) is 11.1. The maximum Gasteiger partial charge on any atom is 0.277 e. The number of ether oxygens (including phenoxy) is 1. The number of rotatable bonds is 6. The lowest BCUT2D eigenvalue weighted by atomic mass is 10.2. The average molecular weight is 466 g/mol. The van der Waals surface area contributed by atoms with Gasteiger partial charge in [-0.25, -0.2) is 9.67 Å². The summed E-state index contributed by atoms with van der Waals surface area (Å²) in [6, 6.07) is 17.7. The van der Waals surface area contributed by atoms with Crippen LogP contribution in [-0.2, 0) is 11.3 Å². The molecule has 0 saturated carbocycles. The maximum absolute atomic E-state index is 12.4. The number of nitrogens with zero attached hydrogens (tertiary/aromatic N) is 4. The van der Waals surface area contributed by atoms with Crippen LogP contribution in [0.2, 0.25) is 0 Å². The van der Waals surface area contributed by atoms with E-state index in [1.807, 2.05) is 24.3 Å². The maximum atomic E-state index is 12.4. The Bertz CT molecular complexity index is 1260. The molecule has 2 heterocycles. The molecule has 0 bridgehead atoms. The van der Waals surface area contributed by atoms with E-state index in [0.717, 1.165) is 4.47 Å². The lowest BCUT2D eigenvalue weighted by Gasteiger charge is -2.08. The summed E-state index contributed by atoms with van der Waals surface area (Å²) >= 11 is 3.38. The molecule has 0 aliphatic heterocycles. The first-order chi connectivity index (χ1) is 14.6. The van der Waals surface area contributed by atoms with Gasteiger partial charge in [0.05, 0.1) is 23.8 Å². The number of halogens is 1. The zero-order valence-electron chi connectivity index (χ0n) is 15.7. The van der Waals surface area contributed by atoms with Crippen molar-refractivity contribution in [3.8, 4) is 11.6 Å². The SMILES string of the molecule is O=C(CCn1nnc2ccccc2c1=O)Nc1ccc(Oc2cccc(Br)c2)nc1. The minimum Gasteiger partial charge on any atom is -0.439 e. The first-order valence-electron chi connectivity index (χ1n) is 9.10. The predicted molar refractivity (Wildman–Crippen MR) is 115 cm³/mol. The van der Waals surface area contributed by atoms with Crippen LogP contribution >= 0.6 is 15.9 Å². The van der Waals surface area contributed by atoms with E-state index in [1.165, 1.54) is 10.9 Å². The molecular weight excluding hydrogens is 450 g/mol. The molecule has 1 N–H and O–H groups in total. The van der Waals surface area contributed by atoms with Gasteiger partial charge in [0.1, 0.15) is 11.3 Å². The minimum atomic E-state index is -0.274. The number of carbonyl (C=O) groups excluding carboxylic acids is 1. The molecule has 8 nitrogen and oxygen atoms in total. The summed E-state index contributed by atoms with van der Waals surface area (Å²) < 4.78 is 7.76. The highest BCUT2D eigenvalue weighted by Gasteiger charge is 2.09. The number of fused-ring (bicyclic) bond motifs is 1. The monoisotopic (exact) mass is 465 g/mol. The average Bonchev–Trinajstić information content (AvgIpc) is 2.75. The summed E-state index contributed by atoms with van der Waals surface area (Å²) in [5.74, 6) is 0.791. The molecule has 2 aromatic carbocycles. The van der Waals surface area contributed by atoms with Gasteiger partial charge in [-0.15, -0.1) is 5.10 Å². The van der Waals surface area contributed by atoms with E-state index in [-0.39, 0.29) is 24.4 Å². The lowest BCUT2D eigenvalue weighted by Crippen LogP contribution is -2.26. The zero-order chi connectivity index (χ0) is 20.9. The minimum absolute atomic E-state index is 0.0726. The van der Waals surface area contributed by atoms with E-state index < -0.39 is 0 Å². The fourth-order valence-electron chi connectivity index (χ4n) is 2.77. The number of benzene rings is 2. The smallest absolute Gasteiger partial charge is 0.277 e. The second-order valence-corrected chi connectivity index (χ2v) is 7.29. The van der Waals surface area contributed by atoms with Gasteiger partial charge in [-0.2, -0.15) is 0 Å². The Kier molecular flexibility index (Phi) is 5.80. The van der Waals surface area contributed by atoms with Crippen LogP contribution in [0.4, 0.5) is 5.69 Å². The van der Waals surface area contributed by atoms with Gasteiger partial charge < -0.3 is 10.1 Å². The van der Waals surface area contributed by atoms with Gasteiger partial charge >= 0.3 is 0 Å². The van der Waals surface area contributed by atoms with Gasteiger partial charge in [0.25, 0.3) is 5.56 Å². The van der Waals surface area contributed by atoms with E-state index in [2.05, 4.69) is 36.5 Å². The van der Waals surface area contributed by atoms with Crippen LogP contribution in [-0.4, -0.2) is 25.9 Å². The number of aryl methyl sites for hydroxylation is 1. The van der Waals surface area contributed by atoms with Crippen molar-refractivity contribution >= 4 is 38.4 Å². The van der Waals surface area contributed by atoms with Crippen molar-refractivity contribution in [3.05, 3.63) is 81.7 Å². The number of carbonyl (C=O) groups is 1. The van der Waals surface area contributed by atoms with Crippen LogP contribution in [0.25, 0.3) is 10.9 Å². The van der Waals surface area contributed by atoms with Crippen LogP contribution in [0.15, 0.2) is 76.1 Å². The van der Waals surface area contributed by atoms with Gasteiger partial charge in [0, 0.05) is 17.0 Å². The number of pyridine rings is 1. The van der Waals surface area contributed by atoms with E-state index >= 15 is 0 Å². The highest BCUT2D eigenvalue weighted by atomic mass is 79.9. The fourth-order valence-corrected chi connectivity index (χ4v) is 3.14. The third-order valence-electron chi connectivity index (χ3n) is 4.22. The fraction of sp³-hybridized carbons (Fsp3) is 0.0952. The van der Waals surface area contributed by atoms with E-state index in [1.54, 1.807) is 36.4 Å². The number of aromatic nitrogens is 4. The van der Waals surface area contributed by atoms with Gasteiger partial charge in [0.15, 0.2) is 0 Å². The van der Waals surface area contributed by atoms with E-state index in [4.69, 9.17) is 4.74 Å². The third-order valence-corrected chi connectivity index (χ3v) is 4.71. The van der Waals surface area contributed by atoms with Gasteiger partial charge in [0.2, 0.25) is 11.8 Å². The van der Waals surface area contributed by atoms with Gasteiger partial charge in [-0.3, -0.25) is 9.59 Å². The summed E-state index contributed by atoms with van der Waals surface area (Å²) in [5.41, 5.74) is 0.780. The molecule has 0 aliphatic rings. The molecule has 0 atom stereocenters. The van der Waals surface area contributed by atoms with Crippen LogP contribution < -0.4 is 15.6 Å². The van der Waals surface area contributed by atoms with E-state index in [0.29, 0.717) is 28.2 Å². The molecule has 1 amide bonds. The van der Waals surface area contributed by atoms with Crippen molar-refractivity contribution in [1.29, 1.82) is 0 Å². The number of nitrogens with one attached hydrogen (secondary N) is 1. The quantitative estimate of drug-likeness (QED) is 0.465. The van der Waals surface area contributed by atoms with Gasteiger partial charge in [-0.05, 0) is 36.4 Å². The molecule has 0 saturated heterocycles. The lowest BCUT2D eigenvalue weighted by molar-refractivity contribution is -0.116. The summed E-state index contributed by atoms with van der Waals surface area (Å²) in [6.45, 7) is 0.125. The normalized spacial score (nSPS) is 10.7. The van der Waals surface area contributed by atoms with Crippen molar-refractivity contribution in [2.24, 2.45) is 0 Å². The molecule has 9 heteroatoms. The number of amides is 1. The second kappa shape index (κ2) is 8.83. The van der Waals surface area contributed by atoms with Crippen molar-refractivity contribution in [1.82, 2.24) is 20.0 Å². The second-order valence-electron chi connectivity index (χ2n) is 6.38. The zero-order valence-corrected chi connectivity index (χ0v) is 17.2. The van der Waals surface area contributed by atoms with Crippen molar-refractivity contribution in [2.45, 2.75) is 13.0 Å². The number of anilines is 1. The molecular formula is C21H16BrN5O3. The molecule has 0 unspecified atom stereocenters. The van der Waals surface area contributed by atoms with Crippen molar-refractivity contribution < 1.29 is 9.53 Å². The molecule has 4 rings (SSSR count). The molecule has 0 aliphatic carbocycles. The predicted octanol–water partition coefficient (Wildman–Crippen LogP) is 3.77. The molecule has 2 aromatic heterocycles. The molecule has 0 radical (unpaired) electrons. The van der Waals surface area contributed by atoms with Crippen LogP contribution in [0, 0.1) is 0 Å². The highest BCUT2D eigenvalue weighted by Crippen LogP contribution is 2.23. The van der Waals surface area contributed by atoms with Crippen LogP contribution in [0.3, 0.4) is 0 Å². The van der Waals surface area contributed by atoms with Crippen molar-refractivity contribution in [2.75, 3.05) is 5.32 Å². The van der Waals surface area contributed by atoms with Crippen molar-refractivity contribution in [3.63, 3.8) is 0 Å². The number of hydrogen-bond acceptors (Lipinski definition) is 6. The molecule has 30 heavy (non-hydrogen) atoms. The Labute approximate surface area is 179 Å². The Morgan fingerprint density at radius 1 is 1.10 bits per heavy atom. The highest BCUT2D eigenvalue weighted by molar-refractivity contribution is 9.10. The van der Waals surface area contributed by atoms with Crippen LogP contribution in [0.1, 0.15) is 6.42 Å². The van der Waals surface area contributed by atoms with Gasteiger partial charge in [-0.1, -0.05) is 39.3 Å². The topological polar surface area (TPSA) is 99.0 Å². The summed E-state index contributed by atoms with van der Waals surface area (Å²) in [6.07, 6.45) is 1.58. The standard InChI is InChI=1S/C21H16BrN5O3/c22-14-4-3-5-16(12-14)30-20-9-8-15(13-23-20)24-19(28)10-11-27-21(29)17-6-1-2-7-18(17)25-26-27/h1-9,12-13H,10-11H2,(H,24,28). The summed E-state index contributed by atoms with van der Waals surface area (Å²) in [4.78, 5) is 28.8. The Balaban J connectivity index is 1.35. The molecule has 4 aromatic rings. The third kappa shape index (κ3) is 4.69. The molecule has 0 fully saturated rings. The molecule has 150 valence electrons. The van der Waals surface area contributed by atoms with E-state index in [9.17, 15) is 9.59 Å².